The van der Waals surface area contributed by atoms with E-state index in [-0.39, 0.29) is 5.91 Å². The molecule has 36 heavy (non-hydrogen) atoms. The lowest BCUT2D eigenvalue weighted by Crippen LogP contribution is -2.22. The first kappa shape index (κ1) is 23.1. The summed E-state index contributed by atoms with van der Waals surface area (Å²) < 4.78 is 5.44. The van der Waals surface area contributed by atoms with Gasteiger partial charge < -0.3 is 15.4 Å². The van der Waals surface area contributed by atoms with E-state index in [1.54, 1.807) is 0 Å². The van der Waals surface area contributed by atoms with Gasteiger partial charge in [0.2, 0.25) is 0 Å². The highest BCUT2D eigenvalue weighted by atomic mass is 16.5. The standard InChI is InChI=1S/C30H26N4O2/c1-36-29(22-11-6-3-7-12-22)30(35)32-24-14-8-13-23(19-24)31-25-16-17-26-27(33-34-28(26)20-25)18-15-21-9-4-2-5-10-21/h2-20,29,31H,1H3,(H,32,35)(H,33,34)/b18-15+/t29-/m0/s1. The molecule has 0 aliphatic rings. The molecular formula is C30H26N4O2. The molecule has 3 N–H and O–H groups in total. The van der Waals surface area contributed by atoms with Gasteiger partial charge in [-0.15, -0.1) is 0 Å². The highest BCUT2D eigenvalue weighted by molar-refractivity contribution is 5.95. The molecule has 0 unspecified atom stereocenters. The number of nitrogens with one attached hydrogen (secondary N) is 3. The number of amides is 1. The Morgan fingerprint density at radius 1 is 0.833 bits per heavy atom. The number of benzene rings is 4. The molecule has 5 aromatic rings. The van der Waals surface area contributed by atoms with Gasteiger partial charge in [-0.1, -0.05) is 72.8 Å². The van der Waals surface area contributed by atoms with E-state index in [9.17, 15) is 4.79 Å². The minimum absolute atomic E-state index is 0.226. The number of methoxy groups -OCH3 is 1. The maximum atomic E-state index is 12.8. The Morgan fingerprint density at radius 3 is 2.33 bits per heavy atom. The maximum Gasteiger partial charge on any atom is 0.258 e. The average Bonchev–Trinajstić information content (AvgIpc) is 3.31. The first-order chi connectivity index (χ1) is 17.7. The smallest absolute Gasteiger partial charge is 0.258 e. The minimum atomic E-state index is -0.685. The summed E-state index contributed by atoms with van der Waals surface area (Å²) in [6.45, 7) is 0. The van der Waals surface area contributed by atoms with Crippen LogP contribution in [0.15, 0.2) is 103 Å². The zero-order valence-corrected chi connectivity index (χ0v) is 19.8. The van der Waals surface area contributed by atoms with E-state index in [0.29, 0.717) is 5.69 Å². The van der Waals surface area contributed by atoms with Crippen LogP contribution in [0.4, 0.5) is 17.1 Å². The number of hydrogen-bond donors (Lipinski definition) is 3. The van der Waals surface area contributed by atoms with E-state index in [1.165, 1.54) is 7.11 Å². The van der Waals surface area contributed by atoms with Crippen molar-refractivity contribution in [3.63, 3.8) is 0 Å². The number of carbonyl (C=O) groups is 1. The summed E-state index contributed by atoms with van der Waals surface area (Å²) in [5.74, 6) is -0.226. The van der Waals surface area contributed by atoms with E-state index in [2.05, 4.69) is 33.0 Å². The number of H-pyrrole nitrogens is 1. The van der Waals surface area contributed by atoms with Gasteiger partial charge in [0, 0.05) is 29.6 Å². The quantitative estimate of drug-likeness (QED) is 0.231. The van der Waals surface area contributed by atoms with Gasteiger partial charge in [-0.05, 0) is 53.6 Å². The van der Waals surface area contributed by atoms with Gasteiger partial charge in [-0.2, -0.15) is 5.10 Å². The van der Waals surface area contributed by atoms with E-state index >= 15 is 0 Å². The van der Waals surface area contributed by atoms with Crippen LogP contribution < -0.4 is 10.6 Å². The Kier molecular flexibility index (Phi) is 6.87. The van der Waals surface area contributed by atoms with E-state index < -0.39 is 6.10 Å². The molecule has 0 spiro atoms. The molecule has 6 nitrogen and oxygen atoms in total. The van der Waals surface area contributed by atoms with Crippen LogP contribution in [0.25, 0.3) is 23.1 Å². The van der Waals surface area contributed by atoms with Gasteiger partial charge in [0.05, 0.1) is 11.2 Å². The normalized spacial score (nSPS) is 12.0. The van der Waals surface area contributed by atoms with Gasteiger partial charge in [-0.3, -0.25) is 9.89 Å². The number of aromatic nitrogens is 2. The predicted octanol–water partition coefficient (Wildman–Crippen LogP) is 6.80. The monoisotopic (exact) mass is 474 g/mol. The number of anilines is 3. The summed E-state index contributed by atoms with van der Waals surface area (Å²) in [5.41, 5.74) is 6.19. The van der Waals surface area contributed by atoms with Crippen molar-refractivity contribution < 1.29 is 9.53 Å². The van der Waals surface area contributed by atoms with Crippen LogP contribution in [-0.2, 0) is 9.53 Å². The number of aromatic amines is 1. The molecule has 0 aliphatic carbocycles. The molecule has 5 rings (SSSR count). The molecule has 0 fully saturated rings. The van der Waals surface area contributed by atoms with Crippen molar-refractivity contribution in [2.24, 2.45) is 0 Å². The van der Waals surface area contributed by atoms with Gasteiger partial charge in [0.25, 0.3) is 5.91 Å². The first-order valence-corrected chi connectivity index (χ1v) is 11.7. The highest BCUT2D eigenvalue weighted by Crippen LogP contribution is 2.26. The van der Waals surface area contributed by atoms with Crippen molar-refractivity contribution in [1.82, 2.24) is 10.2 Å². The number of ether oxygens (including phenoxy) is 1. The Balaban J connectivity index is 1.29. The molecule has 0 saturated carbocycles. The molecule has 1 aromatic heterocycles. The molecule has 6 heteroatoms. The second-order valence-corrected chi connectivity index (χ2v) is 8.33. The third-order valence-electron chi connectivity index (χ3n) is 5.82. The van der Waals surface area contributed by atoms with Gasteiger partial charge in [-0.25, -0.2) is 0 Å². The lowest BCUT2D eigenvalue weighted by atomic mass is 10.1. The van der Waals surface area contributed by atoms with Crippen LogP contribution in [0.2, 0.25) is 0 Å². The second-order valence-electron chi connectivity index (χ2n) is 8.33. The SMILES string of the molecule is CO[C@H](C(=O)Nc1cccc(Nc2ccc3c(/C=C/c4ccccc4)n[nH]c3c2)c1)c1ccccc1. The van der Waals surface area contributed by atoms with Crippen molar-refractivity contribution in [3.8, 4) is 0 Å². The van der Waals surface area contributed by atoms with Crippen LogP contribution in [0, 0.1) is 0 Å². The minimum Gasteiger partial charge on any atom is -0.367 e. The van der Waals surface area contributed by atoms with Crippen LogP contribution in [0.1, 0.15) is 22.9 Å². The van der Waals surface area contributed by atoms with Crippen LogP contribution in [-0.4, -0.2) is 23.2 Å². The lowest BCUT2D eigenvalue weighted by molar-refractivity contribution is -0.126. The third kappa shape index (κ3) is 5.35. The van der Waals surface area contributed by atoms with Crippen LogP contribution >= 0.6 is 0 Å². The van der Waals surface area contributed by atoms with E-state index in [4.69, 9.17) is 4.74 Å². The van der Waals surface area contributed by atoms with Crippen molar-refractivity contribution in [2.45, 2.75) is 6.10 Å². The van der Waals surface area contributed by atoms with Gasteiger partial charge in [0.1, 0.15) is 0 Å². The fourth-order valence-electron chi connectivity index (χ4n) is 4.06. The Hall–Kier alpha value is -4.68. The largest absolute Gasteiger partial charge is 0.367 e. The lowest BCUT2D eigenvalue weighted by Gasteiger charge is -2.16. The zero-order valence-electron chi connectivity index (χ0n) is 19.8. The zero-order chi connectivity index (χ0) is 24.7. The van der Waals surface area contributed by atoms with Crippen LogP contribution in [0.5, 0.6) is 0 Å². The number of hydrogen-bond acceptors (Lipinski definition) is 4. The third-order valence-corrected chi connectivity index (χ3v) is 5.82. The molecule has 0 radical (unpaired) electrons. The number of fused-ring (bicyclic) bond motifs is 1. The van der Waals surface area contributed by atoms with Crippen LogP contribution in [0.3, 0.4) is 0 Å². The first-order valence-electron chi connectivity index (χ1n) is 11.7. The molecular weight excluding hydrogens is 448 g/mol. The Labute approximate surface area is 209 Å². The fourth-order valence-corrected chi connectivity index (χ4v) is 4.06. The molecule has 178 valence electrons. The summed E-state index contributed by atoms with van der Waals surface area (Å²) in [6.07, 6.45) is 3.37. The van der Waals surface area contributed by atoms with E-state index in [1.807, 2.05) is 103 Å². The molecule has 0 saturated heterocycles. The molecule has 0 bridgehead atoms. The van der Waals surface area contributed by atoms with Gasteiger partial charge in [0.15, 0.2) is 6.10 Å². The number of carbonyl (C=O) groups excluding carboxylic acids is 1. The Morgan fingerprint density at radius 2 is 1.56 bits per heavy atom. The molecule has 1 amide bonds. The topological polar surface area (TPSA) is 79.0 Å². The van der Waals surface area contributed by atoms with Gasteiger partial charge >= 0.3 is 0 Å². The highest BCUT2D eigenvalue weighted by Gasteiger charge is 2.20. The number of rotatable bonds is 8. The number of nitrogens with zero attached hydrogens (tertiary/aromatic N) is 1. The molecule has 0 aliphatic heterocycles. The Bertz CT molecular complexity index is 1490. The summed E-state index contributed by atoms with van der Waals surface area (Å²) in [7, 11) is 1.53. The summed E-state index contributed by atoms with van der Waals surface area (Å²) in [5, 5.41) is 15.0. The maximum absolute atomic E-state index is 12.8. The predicted molar refractivity (Wildman–Crippen MR) is 146 cm³/mol. The fraction of sp³-hybridized carbons (Fsp3) is 0.0667. The van der Waals surface area contributed by atoms with Crippen molar-refractivity contribution >= 4 is 46.0 Å². The van der Waals surface area contributed by atoms with Crippen molar-refractivity contribution in [3.05, 3.63) is 120 Å². The second kappa shape index (κ2) is 10.7. The summed E-state index contributed by atoms with van der Waals surface area (Å²) in [6, 6.07) is 33.2. The summed E-state index contributed by atoms with van der Waals surface area (Å²) in [4.78, 5) is 12.8. The van der Waals surface area contributed by atoms with Crippen molar-refractivity contribution in [1.29, 1.82) is 0 Å². The molecule has 1 heterocycles. The molecule has 1 atom stereocenters. The average molecular weight is 475 g/mol. The van der Waals surface area contributed by atoms with E-state index in [0.717, 1.165) is 39.1 Å². The molecule has 4 aromatic carbocycles. The van der Waals surface area contributed by atoms with Crippen molar-refractivity contribution in [2.75, 3.05) is 17.7 Å². The summed E-state index contributed by atoms with van der Waals surface area (Å²) >= 11 is 0.